The average Bonchev–Trinajstić information content (AvgIpc) is 2.82. The maximum absolute atomic E-state index is 13.6. The van der Waals surface area contributed by atoms with Crippen LogP contribution in [0, 0.1) is 0 Å². The first-order valence-electron chi connectivity index (χ1n) is 10.4. The number of carbonyl (C=O) groups excluding carboxylic acids is 2. The van der Waals surface area contributed by atoms with Gasteiger partial charge >= 0.3 is 18.3 Å². The maximum Gasteiger partial charge on any atom is 0.491 e. The van der Waals surface area contributed by atoms with E-state index in [0.717, 1.165) is 0 Å². The highest BCUT2D eigenvalue weighted by molar-refractivity contribution is 5.95. The Labute approximate surface area is 199 Å². The minimum atomic E-state index is -5.65. The van der Waals surface area contributed by atoms with Crippen molar-refractivity contribution >= 4 is 11.9 Å². The minimum Gasteiger partial charge on any atom is -0.473 e. The molecule has 3 rings (SSSR count). The van der Waals surface area contributed by atoms with Gasteiger partial charge in [0.05, 0.1) is 5.69 Å². The third kappa shape index (κ3) is 5.84. The number of aliphatic hydroxyl groups is 1. The monoisotopic (exact) mass is 522 g/mol. The Bertz CT molecular complexity index is 1110. The number of halogens is 6. The van der Waals surface area contributed by atoms with Gasteiger partial charge in [-0.05, 0) is 30.5 Å². The molecule has 0 radical (unpaired) electrons. The van der Waals surface area contributed by atoms with Crippen molar-refractivity contribution in [3.63, 3.8) is 0 Å². The summed E-state index contributed by atoms with van der Waals surface area (Å²) in [6.07, 6.45) is -14.4. The van der Waals surface area contributed by atoms with Crippen LogP contribution in [0.4, 0.5) is 26.3 Å². The summed E-state index contributed by atoms with van der Waals surface area (Å²) in [6.45, 7) is -0.513. The lowest BCUT2D eigenvalue weighted by atomic mass is 9.89. The van der Waals surface area contributed by atoms with Gasteiger partial charge in [-0.25, -0.2) is 14.8 Å². The van der Waals surface area contributed by atoms with Gasteiger partial charge in [-0.3, -0.25) is 4.79 Å². The Morgan fingerprint density at radius 1 is 1.17 bits per heavy atom. The first-order valence-corrected chi connectivity index (χ1v) is 10.4. The molecule has 3 N–H and O–H groups in total. The maximum atomic E-state index is 13.6. The summed E-state index contributed by atoms with van der Waals surface area (Å²) in [5.41, 5.74) is 2.20. The summed E-state index contributed by atoms with van der Waals surface area (Å²) in [4.78, 5) is 32.5. The zero-order valence-corrected chi connectivity index (χ0v) is 18.3. The second-order valence-electron chi connectivity index (χ2n) is 7.82. The van der Waals surface area contributed by atoms with Crippen molar-refractivity contribution in [2.75, 3.05) is 6.54 Å². The molecular formula is C21H20F6N4O5. The Hall–Kier alpha value is -3.46. The van der Waals surface area contributed by atoms with Gasteiger partial charge in [0.25, 0.3) is 5.91 Å². The molecule has 1 aromatic heterocycles. The van der Waals surface area contributed by atoms with Crippen LogP contribution in [0.25, 0.3) is 0 Å². The van der Waals surface area contributed by atoms with Crippen molar-refractivity contribution in [1.82, 2.24) is 14.9 Å². The Kier molecular flexibility index (Phi) is 7.73. The minimum absolute atomic E-state index is 0.128. The molecule has 1 aliphatic heterocycles. The van der Waals surface area contributed by atoms with Crippen LogP contribution < -0.4 is 10.5 Å². The number of piperidine rings is 1. The third-order valence-electron chi connectivity index (χ3n) is 5.32. The number of benzene rings is 1. The van der Waals surface area contributed by atoms with Crippen molar-refractivity contribution in [2.45, 2.75) is 50.2 Å². The van der Waals surface area contributed by atoms with Crippen molar-refractivity contribution in [1.29, 1.82) is 0 Å². The molecule has 36 heavy (non-hydrogen) atoms. The summed E-state index contributed by atoms with van der Waals surface area (Å²) < 4.78 is 88.7. The molecule has 1 amide bonds. The zero-order chi connectivity index (χ0) is 26.7. The molecule has 9 nitrogen and oxygen atoms in total. The molecule has 2 unspecified atom stereocenters. The molecule has 15 heteroatoms. The third-order valence-corrected chi connectivity index (χ3v) is 5.32. The van der Waals surface area contributed by atoms with Gasteiger partial charge in [0, 0.05) is 24.7 Å². The number of hydrogen-bond acceptors (Lipinski definition) is 8. The van der Waals surface area contributed by atoms with E-state index in [1.165, 1.54) is 36.7 Å². The zero-order valence-electron chi connectivity index (χ0n) is 18.3. The molecule has 1 aliphatic rings. The number of alkyl halides is 6. The number of ether oxygens (including phenoxy) is 2. The summed E-state index contributed by atoms with van der Waals surface area (Å²) in [6, 6.07) is 6.80. The van der Waals surface area contributed by atoms with Crippen LogP contribution in [0.5, 0.6) is 5.88 Å². The smallest absolute Gasteiger partial charge is 0.473 e. The van der Waals surface area contributed by atoms with Gasteiger partial charge in [0.2, 0.25) is 17.7 Å². The number of nitrogens with zero attached hydrogens (tertiary/aromatic N) is 3. The van der Waals surface area contributed by atoms with Gasteiger partial charge in [-0.1, -0.05) is 12.1 Å². The van der Waals surface area contributed by atoms with Crippen molar-refractivity contribution < 1.29 is 50.5 Å². The van der Waals surface area contributed by atoms with Crippen molar-refractivity contribution in [3.05, 3.63) is 53.5 Å². The lowest BCUT2D eigenvalue weighted by Gasteiger charge is -2.46. The number of esters is 1. The highest BCUT2D eigenvalue weighted by Crippen LogP contribution is 2.43. The van der Waals surface area contributed by atoms with E-state index in [1.807, 2.05) is 0 Å². The molecule has 0 aliphatic carbocycles. The highest BCUT2D eigenvalue weighted by Gasteiger charge is 2.65. The Balaban J connectivity index is 1.86. The van der Waals surface area contributed by atoms with Gasteiger partial charge in [-0.15, -0.1) is 0 Å². The second kappa shape index (κ2) is 10.3. The van der Waals surface area contributed by atoms with Crippen LogP contribution in [0.15, 0.2) is 36.7 Å². The number of rotatable bonds is 6. The number of amides is 1. The van der Waals surface area contributed by atoms with E-state index in [-0.39, 0.29) is 29.5 Å². The van der Waals surface area contributed by atoms with Gasteiger partial charge in [0.15, 0.2) is 0 Å². The molecule has 1 aromatic carbocycles. The number of nitrogens with two attached hydrogens (primary N) is 1. The van der Waals surface area contributed by atoms with Gasteiger partial charge in [-0.2, -0.15) is 26.3 Å². The van der Waals surface area contributed by atoms with E-state index in [9.17, 15) is 41.0 Å². The van der Waals surface area contributed by atoms with E-state index in [4.69, 9.17) is 10.5 Å². The van der Waals surface area contributed by atoms with Crippen LogP contribution in [0.3, 0.4) is 0 Å². The standard InChI is InChI=1S/C21H20F6N4O5/c22-20(23,24)18(33)36-17-19(34,21(25,26)27)5-2-6-31(17)16(32)13-4-1-3-12(7-13)10-35-15-8-14(9-28)29-11-30-15/h1,3-4,7-8,11,17,34H,2,5-6,9-10,28H2. The summed E-state index contributed by atoms with van der Waals surface area (Å²) in [7, 11) is 0. The van der Waals surface area contributed by atoms with Crippen LogP contribution in [-0.4, -0.2) is 62.6 Å². The SMILES string of the molecule is NCc1cc(OCc2cccc(C(=O)N3CCCC(O)(C(F)(F)F)C3OC(=O)C(F)(F)F)c2)ncn1. The fourth-order valence-corrected chi connectivity index (χ4v) is 3.52. The number of hydrogen-bond donors (Lipinski definition) is 2. The molecule has 1 fully saturated rings. The average molecular weight is 522 g/mol. The molecular weight excluding hydrogens is 502 g/mol. The second-order valence-corrected chi connectivity index (χ2v) is 7.82. The molecule has 2 heterocycles. The van der Waals surface area contributed by atoms with Crippen molar-refractivity contribution in [3.8, 4) is 5.88 Å². The lowest BCUT2D eigenvalue weighted by Crippen LogP contribution is -2.66. The molecule has 0 spiro atoms. The molecule has 196 valence electrons. The molecule has 2 aromatic rings. The summed E-state index contributed by atoms with van der Waals surface area (Å²) in [5.74, 6) is -4.00. The van der Waals surface area contributed by atoms with E-state index >= 15 is 0 Å². The quantitative estimate of drug-likeness (QED) is 0.438. The first kappa shape index (κ1) is 27.1. The first-order chi connectivity index (χ1) is 16.8. The Morgan fingerprint density at radius 3 is 2.53 bits per heavy atom. The number of aromatic nitrogens is 2. The lowest BCUT2D eigenvalue weighted by molar-refractivity contribution is -0.324. The highest BCUT2D eigenvalue weighted by atomic mass is 19.4. The van der Waals surface area contributed by atoms with E-state index in [2.05, 4.69) is 14.7 Å². The Morgan fingerprint density at radius 2 is 1.89 bits per heavy atom. The van der Waals surface area contributed by atoms with Gasteiger partial charge in [0.1, 0.15) is 12.9 Å². The van der Waals surface area contributed by atoms with Crippen LogP contribution in [0.1, 0.15) is 34.5 Å². The summed E-state index contributed by atoms with van der Waals surface area (Å²) >= 11 is 0. The number of carbonyl (C=O) groups is 2. The molecule has 0 bridgehead atoms. The predicted molar refractivity (Wildman–Crippen MR) is 108 cm³/mol. The van der Waals surface area contributed by atoms with Crippen LogP contribution in [0.2, 0.25) is 0 Å². The van der Waals surface area contributed by atoms with E-state index < -0.39 is 55.4 Å². The van der Waals surface area contributed by atoms with E-state index in [0.29, 0.717) is 11.3 Å². The topological polar surface area (TPSA) is 128 Å². The summed E-state index contributed by atoms with van der Waals surface area (Å²) in [5, 5.41) is 10.3. The van der Waals surface area contributed by atoms with Gasteiger partial charge < -0.3 is 25.2 Å². The normalized spacial score (nSPS) is 20.7. The largest absolute Gasteiger partial charge is 0.491 e. The van der Waals surface area contributed by atoms with Crippen LogP contribution >= 0.6 is 0 Å². The molecule has 0 saturated carbocycles. The van der Waals surface area contributed by atoms with E-state index in [1.54, 1.807) is 0 Å². The molecule has 2 atom stereocenters. The van der Waals surface area contributed by atoms with Crippen LogP contribution in [-0.2, 0) is 22.7 Å². The molecule has 1 saturated heterocycles. The van der Waals surface area contributed by atoms with Crippen molar-refractivity contribution in [2.24, 2.45) is 5.73 Å². The fraction of sp³-hybridized carbons (Fsp3) is 0.429. The predicted octanol–water partition coefficient (Wildman–Crippen LogP) is 2.48. The number of likely N-dealkylation sites (tertiary alicyclic amines) is 1. The fourth-order valence-electron chi connectivity index (χ4n) is 3.52.